The van der Waals surface area contributed by atoms with Crippen LogP contribution in [-0.2, 0) is 0 Å². The van der Waals surface area contributed by atoms with Gasteiger partial charge in [0.25, 0.3) is 0 Å². The molecule has 0 fully saturated rings. The fourth-order valence-electron chi connectivity index (χ4n) is 4.50. The summed E-state index contributed by atoms with van der Waals surface area (Å²) >= 11 is 0. The van der Waals surface area contributed by atoms with E-state index in [1.54, 1.807) is 0 Å². The van der Waals surface area contributed by atoms with Crippen LogP contribution in [0, 0.1) is 0 Å². The van der Waals surface area contributed by atoms with Gasteiger partial charge in [0.15, 0.2) is 0 Å². The molecule has 0 aliphatic rings. The number of rotatable bonds is 15. The maximum absolute atomic E-state index is 9.85. The van der Waals surface area contributed by atoms with Gasteiger partial charge in [0, 0.05) is 37.3 Å². The lowest BCUT2D eigenvalue weighted by molar-refractivity contribution is 0.0324. The average Bonchev–Trinajstić information content (AvgIpc) is 2.47. The van der Waals surface area contributed by atoms with E-state index < -0.39 is 0 Å². The number of hydrogen-bond acceptors (Lipinski definition) is 6. The van der Waals surface area contributed by atoms with Crippen LogP contribution in [0.2, 0.25) is 0 Å². The van der Waals surface area contributed by atoms with Crippen molar-refractivity contribution in [1.82, 2.24) is 9.80 Å². The van der Waals surface area contributed by atoms with E-state index in [4.69, 9.17) is 0 Å². The van der Waals surface area contributed by atoms with Crippen LogP contribution in [0.15, 0.2) is 0 Å². The lowest BCUT2D eigenvalue weighted by Gasteiger charge is -2.41. The monoisotopic (exact) mass is 404 g/mol. The predicted molar refractivity (Wildman–Crippen MR) is 116 cm³/mol. The minimum atomic E-state index is -0.365. The molecule has 0 rings (SSSR count). The van der Waals surface area contributed by atoms with Crippen molar-refractivity contribution in [3.8, 4) is 0 Å². The first kappa shape index (κ1) is 27.8. The molecule has 170 valence electrons. The lowest BCUT2D eigenvalue weighted by Crippen LogP contribution is -2.50. The van der Waals surface area contributed by atoms with Crippen LogP contribution in [0.1, 0.15) is 81.1 Å². The summed E-state index contributed by atoms with van der Waals surface area (Å²) in [5.74, 6) is 0. The van der Waals surface area contributed by atoms with Gasteiger partial charge in [-0.2, -0.15) is 0 Å². The highest BCUT2D eigenvalue weighted by molar-refractivity contribution is 4.82. The Hall–Kier alpha value is -0.240. The Bertz CT molecular complexity index is 323. The Labute approximate surface area is 173 Å². The summed E-state index contributed by atoms with van der Waals surface area (Å²) in [7, 11) is 0. The third kappa shape index (κ3) is 11.7. The number of nitrogens with zero attached hydrogens (tertiary/aromatic N) is 2. The molecule has 0 aromatic carbocycles. The molecule has 0 saturated heterocycles. The molecule has 0 spiro atoms. The van der Waals surface area contributed by atoms with E-state index in [1.165, 1.54) is 0 Å². The molecule has 8 atom stereocenters. The fourth-order valence-corrected chi connectivity index (χ4v) is 4.50. The Morgan fingerprint density at radius 1 is 0.429 bits per heavy atom. The van der Waals surface area contributed by atoms with Gasteiger partial charge in [-0.25, -0.2) is 0 Å². The van der Waals surface area contributed by atoms with E-state index in [-0.39, 0.29) is 48.6 Å². The summed E-state index contributed by atoms with van der Waals surface area (Å²) in [4.78, 5) is 4.74. The van der Waals surface area contributed by atoms with Crippen LogP contribution in [0.3, 0.4) is 0 Å². The summed E-state index contributed by atoms with van der Waals surface area (Å²) in [5.41, 5.74) is 0. The molecule has 0 amide bonds. The maximum Gasteiger partial charge on any atom is 0.0526 e. The summed E-state index contributed by atoms with van der Waals surface area (Å²) in [6.45, 7) is 17.4. The van der Waals surface area contributed by atoms with E-state index in [1.807, 2.05) is 27.7 Å². The van der Waals surface area contributed by atoms with Gasteiger partial charge in [-0.05, 0) is 81.1 Å². The smallest absolute Gasteiger partial charge is 0.0526 e. The van der Waals surface area contributed by atoms with Crippen molar-refractivity contribution in [2.75, 3.05) is 13.1 Å². The van der Waals surface area contributed by atoms with E-state index >= 15 is 0 Å². The molecule has 0 saturated carbocycles. The topological polar surface area (TPSA) is 87.4 Å². The van der Waals surface area contributed by atoms with Crippen LogP contribution in [-0.4, -0.2) is 91.9 Å². The molecule has 8 unspecified atom stereocenters. The van der Waals surface area contributed by atoms with Crippen LogP contribution in [0.25, 0.3) is 0 Å². The molecule has 28 heavy (non-hydrogen) atoms. The highest BCUT2D eigenvalue weighted by Crippen LogP contribution is 2.19. The Morgan fingerprint density at radius 3 is 0.750 bits per heavy atom. The molecule has 0 aliphatic carbocycles. The number of aliphatic hydroxyl groups is 4. The van der Waals surface area contributed by atoms with E-state index in [0.29, 0.717) is 25.7 Å². The maximum atomic E-state index is 9.85. The normalized spacial score (nSPS) is 21.2. The van der Waals surface area contributed by atoms with E-state index in [9.17, 15) is 20.4 Å². The van der Waals surface area contributed by atoms with Gasteiger partial charge in [-0.15, -0.1) is 0 Å². The van der Waals surface area contributed by atoms with Crippen molar-refractivity contribution in [3.63, 3.8) is 0 Å². The van der Waals surface area contributed by atoms with Crippen molar-refractivity contribution < 1.29 is 20.4 Å². The molecule has 4 N–H and O–H groups in total. The van der Waals surface area contributed by atoms with Gasteiger partial charge < -0.3 is 20.4 Å². The molecular weight excluding hydrogens is 356 g/mol. The largest absolute Gasteiger partial charge is 0.393 e. The minimum Gasteiger partial charge on any atom is -0.393 e. The van der Waals surface area contributed by atoms with Crippen molar-refractivity contribution >= 4 is 0 Å². The van der Waals surface area contributed by atoms with Crippen molar-refractivity contribution in [2.24, 2.45) is 0 Å². The molecule has 0 heterocycles. The van der Waals surface area contributed by atoms with Gasteiger partial charge in [-0.3, -0.25) is 9.80 Å². The summed E-state index contributed by atoms with van der Waals surface area (Å²) in [6, 6.07) is 0.814. The quantitative estimate of drug-likeness (QED) is 0.335. The highest BCUT2D eigenvalue weighted by Gasteiger charge is 2.27. The third-order valence-corrected chi connectivity index (χ3v) is 5.61. The molecule has 6 nitrogen and oxygen atoms in total. The third-order valence-electron chi connectivity index (χ3n) is 5.61. The van der Waals surface area contributed by atoms with Gasteiger partial charge in [0.05, 0.1) is 24.4 Å². The number of hydrogen-bond donors (Lipinski definition) is 4. The molecule has 0 aliphatic heterocycles. The fraction of sp³-hybridized carbons (Fsp3) is 1.00. The highest BCUT2D eigenvalue weighted by atomic mass is 16.3. The first-order chi connectivity index (χ1) is 12.8. The zero-order chi connectivity index (χ0) is 22.0. The first-order valence-electron chi connectivity index (χ1n) is 11.1. The van der Waals surface area contributed by atoms with Crippen LogP contribution >= 0.6 is 0 Å². The SMILES string of the molecule is CC(O)CC(C)N(CCN(C(C)CC(C)O)C(C)CC(C)O)C(C)CC(C)O. The minimum absolute atomic E-state index is 0.203. The Balaban J connectivity index is 5.28. The summed E-state index contributed by atoms with van der Waals surface area (Å²) in [5, 5.41) is 39.4. The molecular formula is C22H48N2O4. The van der Waals surface area contributed by atoms with Gasteiger partial charge >= 0.3 is 0 Å². The lowest BCUT2D eigenvalue weighted by atomic mass is 10.0. The van der Waals surface area contributed by atoms with Crippen LogP contribution in [0.5, 0.6) is 0 Å². The molecule has 6 heteroatoms. The van der Waals surface area contributed by atoms with Gasteiger partial charge in [0.2, 0.25) is 0 Å². The second kappa shape index (κ2) is 13.9. The zero-order valence-electron chi connectivity index (χ0n) is 19.5. The van der Waals surface area contributed by atoms with Gasteiger partial charge in [-0.1, -0.05) is 0 Å². The van der Waals surface area contributed by atoms with Crippen molar-refractivity contribution in [1.29, 1.82) is 0 Å². The number of aliphatic hydroxyl groups excluding tert-OH is 4. The zero-order valence-corrected chi connectivity index (χ0v) is 19.5. The van der Waals surface area contributed by atoms with Crippen LogP contribution in [0.4, 0.5) is 0 Å². The second-order valence-corrected chi connectivity index (χ2v) is 9.21. The Morgan fingerprint density at radius 2 is 0.607 bits per heavy atom. The predicted octanol–water partition coefficient (Wildman–Crippen LogP) is 2.23. The molecule has 0 radical (unpaired) electrons. The summed E-state index contributed by atoms with van der Waals surface area (Å²) < 4.78 is 0. The van der Waals surface area contributed by atoms with E-state index in [0.717, 1.165) is 13.1 Å². The summed E-state index contributed by atoms with van der Waals surface area (Å²) in [6.07, 6.45) is 1.30. The van der Waals surface area contributed by atoms with Crippen molar-refractivity contribution in [2.45, 2.75) is 130 Å². The molecule has 0 bridgehead atoms. The van der Waals surface area contributed by atoms with Gasteiger partial charge in [0.1, 0.15) is 0 Å². The molecule has 0 aromatic rings. The standard InChI is InChI=1S/C22H48N2O4/c1-15(11-19(5)25)23(16(2)12-20(6)26)9-10-24(17(3)13-21(7)27)18(4)14-22(8)28/h15-22,25-28H,9-14H2,1-8H3. The molecule has 0 aromatic heterocycles. The second-order valence-electron chi connectivity index (χ2n) is 9.21. The van der Waals surface area contributed by atoms with E-state index in [2.05, 4.69) is 37.5 Å². The van der Waals surface area contributed by atoms with Crippen LogP contribution < -0.4 is 0 Å². The first-order valence-corrected chi connectivity index (χ1v) is 11.1. The average molecular weight is 405 g/mol. The van der Waals surface area contributed by atoms with Crippen molar-refractivity contribution in [3.05, 3.63) is 0 Å². The Kier molecular flexibility index (Phi) is 13.8.